The number of aromatic nitrogens is 2. The van der Waals surface area contributed by atoms with Gasteiger partial charge in [0, 0.05) is 10.3 Å². The van der Waals surface area contributed by atoms with Gasteiger partial charge in [-0.15, -0.1) is 11.3 Å². The minimum Gasteiger partial charge on any atom is -0.229 e. The molecule has 4 aromatic rings. The highest BCUT2D eigenvalue weighted by molar-refractivity contribution is 8.00. The van der Waals surface area contributed by atoms with E-state index in [2.05, 4.69) is 46.4 Å². The van der Waals surface area contributed by atoms with Crippen LogP contribution in [0.5, 0.6) is 0 Å². The van der Waals surface area contributed by atoms with Crippen LogP contribution in [0.25, 0.3) is 20.7 Å². The third-order valence-electron chi connectivity index (χ3n) is 4.01. The van der Waals surface area contributed by atoms with Gasteiger partial charge in [-0.1, -0.05) is 72.4 Å². The molecule has 0 saturated carbocycles. The third-order valence-corrected chi connectivity index (χ3v) is 6.21. The Balaban J connectivity index is 1.64. The molecule has 4 rings (SSSR count). The van der Waals surface area contributed by atoms with Crippen molar-refractivity contribution >= 4 is 33.3 Å². The topological polar surface area (TPSA) is 49.6 Å². The lowest BCUT2D eigenvalue weighted by Gasteiger charge is -2.08. The van der Waals surface area contributed by atoms with Crippen LogP contribution in [0.4, 0.5) is 0 Å². The van der Waals surface area contributed by atoms with Crippen LogP contribution in [0.1, 0.15) is 5.56 Å². The summed E-state index contributed by atoms with van der Waals surface area (Å²) in [6.45, 7) is 0. The summed E-state index contributed by atoms with van der Waals surface area (Å²) in [6.07, 6.45) is 2.29. The van der Waals surface area contributed by atoms with Gasteiger partial charge >= 0.3 is 0 Å². The van der Waals surface area contributed by atoms with Crippen molar-refractivity contribution in [1.29, 1.82) is 5.26 Å². The molecule has 26 heavy (non-hydrogen) atoms. The largest absolute Gasteiger partial charge is 0.229 e. The normalized spacial score (nSPS) is 12.0. The lowest BCUT2D eigenvalue weighted by atomic mass is 10.1. The molecule has 126 valence electrons. The van der Waals surface area contributed by atoms with E-state index < -0.39 is 0 Å². The van der Waals surface area contributed by atoms with Gasteiger partial charge in [-0.05, 0) is 23.6 Å². The lowest BCUT2D eigenvalue weighted by molar-refractivity contribution is 1.02. The number of hydrogen-bond acceptors (Lipinski definition) is 5. The van der Waals surface area contributed by atoms with Gasteiger partial charge in [-0.2, -0.15) is 5.26 Å². The maximum absolute atomic E-state index is 9.59. The zero-order chi connectivity index (χ0) is 17.8. The van der Waals surface area contributed by atoms with Gasteiger partial charge in [0.05, 0.1) is 6.07 Å². The Morgan fingerprint density at radius 3 is 2.46 bits per heavy atom. The van der Waals surface area contributed by atoms with Gasteiger partial charge in [0.15, 0.2) is 0 Å². The molecule has 0 aliphatic heterocycles. The first-order valence-electron chi connectivity index (χ1n) is 8.23. The molecular weight excluding hydrogens is 358 g/mol. The van der Waals surface area contributed by atoms with E-state index in [1.54, 1.807) is 17.7 Å². The van der Waals surface area contributed by atoms with Gasteiger partial charge < -0.3 is 0 Å². The van der Waals surface area contributed by atoms with Crippen molar-refractivity contribution in [3.63, 3.8) is 0 Å². The molecule has 0 bridgehead atoms. The Morgan fingerprint density at radius 1 is 1.00 bits per heavy atom. The number of hydrogen-bond donors (Lipinski definition) is 0. The van der Waals surface area contributed by atoms with Gasteiger partial charge in [-0.3, -0.25) is 0 Å². The average Bonchev–Trinajstić information content (AvgIpc) is 3.14. The molecular formula is C21H15N3S2. The number of nitrogens with zero attached hydrogens (tertiary/aromatic N) is 3. The van der Waals surface area contributed by atoms with Gasteiger partial charge in [0.1, 0.15) is 21.4 Å². The highest BCUT2D eigenvalue weighted by Gasteiger charge is 2.16. The highest BCUT2D eigenvalue weighted by atomic mass is 32.2. The molecule has 5 heteroatoms. The second-order valence-corrected chi connectivity index (χ2v) is 8.02. The summed E-state index contributed by atoms with van der Waals surface area (Å²) in [5, 5.41) is 11.3. The molecule has 2 aromatic heterocycles. The molecule has 1 atom stereocenters. The second-order valence-electron chi connectivity index (χ2n) is 5.80. The summed E-state index contributed by atoms with van der Waals surface area (Å²) in [4.78, 5) is 11.0. The van der Waals surface area contributed by atoms with E-state index in [-0.39, 0.29) is 5.25 Å². The first kappa shape index (κ1) is 16.8. The van der Waals surface area contributed by atoms with Crippen molar-refractivity contribution in [3.05, 3.63) is 78.6 Å². The first-order valence-corrected chi connectivity index (χ1v) is 9.93. The predicted molar refractivity (Wildman–Crippen MR) is 108 cm³/mol. The van der Waals surface area contributed by atoms with Crippen LogP contribution in [0.2, 0.25) is 0 Å². The van der Waals surface area contributed by atoms with Gasteiger partial charge in [-0.25, -0.2) is 9.97 Å². The molecule has 0 radical (unpaired) electrons. The van der Waals surface area contributed by atoms with Gasteiger partial charge in [0.25, 0.3) is 0 Å². The number of rotatable bonds is 5. The zero-order valence-electron chi connectivity index (χ0n) is 13.9. The van der Waals surface area contributed by atoms with Crippen LogP contribution in [-0.2, 0) is 6.42 Å². The van der Waals surface area contributed by atoms with Crippen molar-refractivity contribution in [2.75, 3.05) is 0 Å². The van der Waals surface area contributed by atoms with Crippen LogP contribution < -0.4 is 0 Å². The smallest absolute Gasteiger partial charge is 0.128 e. The number of fused-ring (bicyclic) bond motifs is 1. The summed E-state index contributed by atoms with van der Waals surface area (Å²) >= 11 is 3.17. The molecule has 0 amide bonds. The number of nitriles is 1. The molecule has 0 unspecified atom stereocenters. The van der Waals surface area contributed by atoms with E-state index >= 15 is 0 Å². The molecule has 0 N–H and O–H groups in total. The fourth-order valence-electron chi connectivity index (χ4n) is 2.75. The number of thioether (sulfide) groups is 1. The maximum Gasteiger partial charge on any atom is 0.128 e. The molecule has 2 aromatic carbocycles. The fraction of sp³-hybridized carbons (Fsp3) is 0.0952. The Labute approximate surface area is 160 Å². The predicted octanol–water partition coefficient (Wildman–Crippen LogP) is 5.59. The Kier molecular flexibility index (Phi) is 4.96. The molecule has 0 fully saturated rings. The first-order chi connectivity index (χ1) is 12.8. The quantitative estimate of drug-likeness (QED) is 0.338. The van der Waals surface area contributed by atoms with Crippen LogP contribution in [-0.4, -0.2) is 15.2 Å². The van der Waals surface area contributed by atoms with Crippen LogP contribution in [0.15, 0.2) is 78.1 Å². The van der Waals surface area contributed by atoms with E-state index in [4.69, 9.17) is 0 Å². The zero-order valence-corrected chi connectivity index (χ0v) is 15.5. The number of thiophene rings is 1. The molecule has 0 aliphatic carbocycles. The third kappa shape index (κ3) is 3.62. The van der Waals surface area contributed by atoms with Crippen LogP contribution in [0, 0.1) is 11.3 Å². The van der Waals surface area contributed by atoms with Crippen molar-refractivity contribution < 1.29 is 0 Å². The Morgan fingerprint density at radius 2 is 1.73 bits per heavy atom. The SMILES string of the molecule is N#C[C@@H](Cc1ccccc1)Sc1ncnc2sc(-c3ccccc3)cc12. The van der Waals surface area contributed by atoms with Crippen LogP contribution >= 0.6 is 23.1 Å². The highest BCUT2D eigenvalue weighted by Crippen LogP contribution is 2.37. The maximum atomic E-state index is 9.59. The van der Waals surface area contributed by atoms with E-state index in [1.165, 1.54) is 22.2 Å². The van der Waals surface area contributed by atoms with Crippen molar-refractivity contribution in [2.24, 2.45) is 0 Å². The number of benzene rings is 2. The fourth-order valence-corrected chi connectivity index (χ4v) is 4.81. The minimum atomic E-state index is -0.185. The average molecular weight is 374 g/mol. The second kappa shape index (κ2) is 7.69. The minimum absolute atomic E-state index is 0.185. The van der Waals surface area contributed by atoms with Crippen LogP contribution in [0.3, 0.4) is 0 Å². The Bertz CT molecular complexity index is 1050. The standard InChI is InChI=1S/C21H15N3S2/c22-13-17(11-15-7-3-1-4-8-15)25-20-18-12-19(16-9-5-2-6-10-16)26-21(18)24-14-23-20/h1-10,12,14,17H,11H2/t17-/m1/s1. The molecule has 0 saturated heterocycles. The molecule has 2 heterocycles. The monoisotopic (exact) mass is 373 g/mol. The molecule has 0 aliphatic rings. The van der Waals surface area contributed by atoms with Crippen molar-refractivity contribution in [1.82, 2.24) is 9.97 Å². The molecule has 3 nitrogen and oxygen atoms in total. The van der Waals surface area contributed by atoms with Crippen molar-refractivity contribution in [3.8, 4) is 16.5 Å². The summed E-state index contributed by atoms with van der Waals surface area (Å²) in [7, 11) is 0. The lowest BCUT2D eigenvalue weighted by Crippen LogP contribution is -2.04. The van der Waals surface area contributed by atoms with E-state index in [1.807, 2.05) is 36.4 Å². The summed E-state index contributed by atoms with van der Waals surface area (Å²) < 4.78 is 0. The Hall–Kier alpha value is -2.68. The van der Waals surface area contributed by atoms with E-state index in [0.29, 0.717) is 6.42 Å². The summed E-state index contributed by atoms with van der Waals surface area (Å²) in [5.41, 5.74) is 2.33. The summed E-state index contributed by atoms with van der Waals surface area (Å²) in [5.74, 6) is 0. The summed E-state index contributed by atoms with van der Waals surface area (Å²) in [6, 6.07) is 24.9. The van der Waals surface area contributed by atoms with E-state index in [0.717, 1.165) is 20.8 Å². The molecule has 0 spiro atoms. The van der Waals surface area contributed by atoms with Gasteiger partial charge in [0.2, 0.25) is 0 Å². The van der Waals surface area contributed by atoms with Crippen molar-refractivity contribution in [2.45, 2.75) is 16.7 Å². The van der Waals surface area contributed by atoms with E-state index in [9.17, 15) is 5.26 Å².